The van der Waals surface area contributed by atoms with Crippen molar-refractivity contribution in [1.82, 2.24) is 5.32 Å². The molecule has 0 aromatic heterocycles. The van der Waals surface area contributed by atoms with Gasteiger partial charge in [0.25, 0.3) is 0 Å². The highest BCUT2D eigenvalue weighted by Gasteiger charge is 2.23. The van der Waals surface area contributed by atoms with Crippen LogP contribution in [0.2, 0.25) is 0 Å². The Morgan fingerprint density at radius 1 is 1.50 bits per heavy atom. The van der Waals surface area contributed by atoms with E-state index in [1.807, 2.05) is 6.92 Å². The van der Waals surface area contributed by atoms with Crippen molar-refractivity contribution in [2.24, 2.45) is 0 Å². The molecule has 2 atom stereocenters. The van der Waals surface area contributed by atoms with Crippen molar-refractivity contribution in [2.75, 3.05) is 11.9 Å². The van der Waals surface area contributed by atoms with E-state index < -0.39 is 11.8 Å². The maximum absolute atomic E-state index is 13.3. The molecule has 0 spiro atoms. The second kappa shape index (κ2) is 5.82. The summed E-state index contributed by atoms with van der Waals surface area (Å²) in [7, 11) is 0. The molecule has 1 aromatic carbocycles. The fourth-order valence-electron chi connectivity index (χ4n) is 2.02. The molecule has 0 bridgehead atoms. The number of rotatable bonds is 3. The van der Waals surface area contributed by atoms with Gasteiger partial charge >= 0.3 is 6.03 Å². The molecule has 0 saturated carbocycles. The molecule has 4 nitrogen and oxygen atoms in total. The molecule has 1 aliphatic heterocycles. The van der Waals surface area contributed by atoms with Crippen LogP contribution in [0.15, 0.2) is 24.3 Å². The van der Waals surface area contributed by atoms with Gasteiger partial charge < -0.3 is 15.4 Å². The number of para-hydroxylation sites is 1. The number of amides is 2. The first kappa shape index (κ1) is 12.8. The van der Waals surface area contributed by atoms with Gasteiger partial charge in [0, 0.05) is 6.61 Å². The third-order valence-corrected chi connectivity index (χ3v) is 3.00. The SMILES string of the molecule is C[C@@H](NC(=O)Nc1ccccc1F)[C@@H]1CCCO1. The lowest BCUT2D eigenvalue weighted by molar-refractivity contribution is 0.0868. The third kappa shape index (κ3) is 3.20. The number of carbonyl (C=O) groups excluding carboxylic acids is 1. The van der Waals surface area contributed by atoms with Crippen LogP contribution in [0.3, 0.4) is 0 Å². The average Bonchev–Trinajstić information content (AvgIpc) is 2.85. The number of benzene rings is 1. The first-order valence-electron chi connectivity index (χ1n) is 6.10. The molecule has 98 valence electrons. The lowest BCUT2D eigenvalue weighted by Gasteiger charge is -2.20. The predicted octanol–water partition coefficient (Wildman–Crippen LogP) is 2.51. The van der Waals surface area contributed by atoms with E-state index in [-0.39, 0.29) is 17.8 Å². The standard InChI is InChI=1S/C13H17FN2O2/c1-9(12-7-4-8-18-12)15-13(17)16-11-6-3-2-5-10(11)14/h2-3,5-6,9,12H,4,7-8H2,1H3,(H2,15,16,17)/t9-,12+/m1/s1. The third-order valence-electron chi connectivity index (χ3n) is 3.00. The Morgan fingerprint density at radius 2 is 2.28 bits per heavy atom. The summed E-state index contributed by atoms with van der Waals surface area (Å²) in [5, 5.41) is 5.24. The van der Waals surface area contributed by atoms with Crippen molar-refractivity contribution in [3.63, 3.8) is 0 Å². The molecule has 0 unspecified atom stereocenters. The van der Waals surface area contributed by atoms with Gasteiger partial charge in [-0.15, -0.1) is 0 Å². The molecule has 2 amide bonds. The number of halogens is 1. The van der Waals surface area contributed by atoms with Gasteiger partial charge in [-0.3, -0.25) is 0 Å². The second-order valence-electron chi connectivity index (χ2n) is 4.42. The molecule has 1 saturated heterocycles. The molecule has 1 heterocycles. The maximum Gasteiger partial charge on any atom is 0.319 e. The summed E-state index contributed by atoms with van der Waals surface area (Å²) in [6, 6.07) is 5.57. The molecule has 2 N–H and O–H groups in total. The van der Waals surface area contributed by atoms with Gasteiger partial charge in [0.1, 0.15) is 5.82 Å². The number of nitrogens with one attached hydrogen (secondary N) is 2. The number of urea groups is 1. The molecule has 1 fully saturated rings. The van der Waals surface area contributed by atoms with Gasteiger partial charge in [-0.05, 0) is 31.9 Å². The van der Waals surface area contributed by atoms with Gasteiger partial charge in [0.15, 0.2) is 0 Å². The van der Waals surface area contributed by atoms with E-state index in [1.165, 1.54) is 12.1 Å². The lowest BCUT2D eigenvalue weighted by atomic mass is 10.1. The Balaban J connectivity index is 1.86. The maximum atomic E-state index is 13.3. The van der Waals surface area contributed by atoms with Crippen LogP contribution in [0.4, 0.5) is 14.9 Å². The first-order chi connectivity index (χ1) is 8.66. The van der Waals surface area contributed by atoms with Crippen LogP contribution in [-0.2, 0) is 4.74 Å². The summed E-state index contributed by atoms with van der Waals surface area (Å²) in [4.78, 5) is 11.7. The van der Waals surface area contributed by atoms with Crippen LogP contribution in [0.25, 0.3) is 0 Å². The normalized spacial score (nSPS) is 20.4. The monoisotopic (exact) mass is 252 g/mol. The average molecular weight is 252 g/mol. The minimum atomic E-state index is -0.447. The van der Waals surface area contributed by atoms with Crippen molar-refractivity contribution >= 4 is 11.7 Å². The van der Waals surface area contributed by atoms with Crippen LogP contribution in [0.5, 0.6) is 0 Å². The summed E-state index contributed by atoms with van der Waals surface area (Å²) in [5.41, 5.74) is 0.176. The largest absolute Gasteiger partial charge is 0.376 e. The van der Waals surface area contributed by atoms with E-state index in [0.717, 1.165) is 19.4 Å². The Bertz CT molecular complexity index is 419. The van der Waals surface area contributed by atoms with E-state index in [9.17, 15) is 9.18 Å². The molecule has 1 aromatic rings. The fraction of sp³-hybridized carbons (Fsp3) is 0.462. The summed E-state index contributed by atoms with van der Waals surface area (Å²) in [5.74, 6) is -0.447. The quantitative estimate of drug-likeness (QED) is 0.868. The molecule has 18 heavy (non-hydrogen) atoms. The fourth-order valence-corrected chi connectivity index (χ4v) is 2.02. The van der Waals surface area contributed by atoms with Crippen LogP contribution < -0.4 is 10.6 Å². The van der Waals surface area contributed by atoms with Crippen molar-refractivity contribution in [3.8, 4) is 0 Å². The molecular formula is C13H17FN2O2. The van der Waals surface area contributed by atoms with E-state index in [0.29, 0.717) is 0 Å². The van der Waals surface area contributed by atoms with Crippen LogP contribution in [0, 0.1) is 5.82 Å². The molecule has 0 radical (unpaired) electrons. The lowest BCUT2D eigenvalue weighted by Crippen LogP contribution is -2.43. The van der Waals surface area contributed by atoms with Crippen LogP contribution in [0.1, 0.15) is 19.8 Å². The summed E-state index contributed by atoms with van der Waals surface area (Å²) < 4.78 is 18.8. The van der Waals surface area contributed by atoms with E-state index in [1.54, 1.807) is 12.1 Å². The zero-order valence-corrected chi connectivity index (χ0v) is 10.3. The van der Waals surface area contributed by atoms with Crippen molar-refractivity contribution in [1.29, 1.82) is 0 Å². The minimum Gasteiger partial charge on any atom is -0.376 e. The Hall–Kier alpha value is -1.62. The van der Waals surface area contributed by atoms with Gasteiger partial charge in [0.05, 0.1) is 17.8 Å². The smallest absolute Gasteiger partial charge is 0.319 e. The van der Waals surface area contributed by atoms with Gasteiger partial charge in [-0.1, -0.05) is 12.1 Å². The first-order valence-corrected chi connectivity index (χ1v) is 6.10. The van der Waals surface area contributed by atoms with Crippen molar-refractivity contribution in [2.45, 2.75) is 31.9 Å². The zero-order chi connectivity index (χ0) is 13.0. The highest BCUT2D eigenvalue weighted by molar-refractivity contribution is 5.89. The highest BCUT2D eigenvalue weighted by Crippen LogP contribution is 2.16. The van der Waals surface area contributed by atoms with Crippen molar-refractivity contribution < 1.29 is 13.9 Å². The number of hydrogen-bond acceptors (Lipinski definition) is 2. The molecule has 1 aliphatic rings. The van der Waals surface area contributed by atoms with Gasteiger partial charge in [-0.25, -0.2) is 9.18 Å². The van der Waals surface area contributed by atoms with Crippen molar-refractivity contribution in [3.05, 3.63) is 30.1 Å². The van der Waals surface area contributed by atoms with E-state index >= 15 is 0 Å². The second-order valence-corrected chi connectivity index (χ2v) is 4.42. The number of hydrogen-bond donors (Lipinski definition) is 2. The summed E-state index contributed by atoms with van der Waals surface area (Å²) in [6.07, 6.45) is 2.02. The van der Waals surface area contributed by atoms with Gasteiger partial charge in [-0.2, -0.15) is 0 Å². The number of ether oxygens (including phenoxy) is 1. The highest BCUT2D eigenvalue weighted by atomic mass is 19.1. The summed E-state index contributed by atoms with van der Waals surface area (Å²) >= 11 is 0. The van der Waals surface area contributed by atoms with Crippen LogP contribution >= 0.6 is 0 Å². The minimum absolute atomic E-state index is 0.0522. The Labute approximate surface area is 106 Å². The van der Waals surface area contributed by atoms with Gasteiger partial charge in [0.2, 0.25) is 0 Å². The number of anilines is 1. The molecule has 5 heteroatoms. The van der Waals surface area contributed by atoms with E-state index in [4.69, 9.17) is 4.74 Å². The molecular weight excluding hydrogens is 235 g/mol. The summed E-state index contributed by atoms with van der Waals surface area (Å²) in [6.45, 7) is 2.63. The van der Waals surface area contributed by atoms with Crippen LogP contribution in [-0.4, -0.2) is 24.8 Å². The Morgan fingerprint density at radius 3 is 2.94 bits per heavy atom. The molecule has 0 aliphatic carbocycles. The Kier molecular flexibility index (Phi) is 4.15. The predicted molar refractivity (Wildman–Crippen MR) is 67.0 cm³/mol. The topological polar surface area (TPSA) is 50.4 Å². The van der Waals surface area contributed by atoms with E-state index in [2.05, 4.69) is 10.6 Å². The molecule has 2 rings (SSSR count). The number of carbonyl (C=O) groups is 1. The zero-order valence-electron chi connectivity index (χ0n) is 10.3.